The first-order valence-corrected chi connectivity index (χ1v) is 8.66. The number of carbonyl (C=O) groups excluding carboxylic acids is 1. The van der Waals surface area contributed by atoms with E-state index in [-0.39, 0.29) is 19.0 Å². The zero-order valence-corrected chi connectivity index (χ0v) is 15.2. The van der Waals surface area contributed by atoms with Gasteiger partial charge in [-0.15, -0.1) is 0 Å². The highest BCUT2D eigenvalue weighted by atomic mass is 16.3. The molecule has 9 nitrogen and oxygen atoms in total. The third-order valence-electron chi connectivity index (χ3n) is 4.46. The third kappa shape index (κ3) is 4.48. The average molecular weight is 359 g/mol. The van der Waals surface area contributed by atoms with Crippen LogP contribution in [0.3, 0.4) is 0 Å². The van der Waals surface area contributed by atoms with Crippen molar-refractivity contribution in [1.82, 2.24) is 25.1 Å². The molecule has 9 heteroatoms. The molecule has 1 aliphatic heterocycles. The number of nitrogens with zero attached hydrogens (tertiary/aromatic N) is 6. The van der Waals surface area contributed by atoms with Crippen molar-refractivity contribution in [3.05, 3.63) is 30.9 Å². The molecule has 2 aromatic heterocycles. The Morgan fingerprint density at radius 2 is 2.27 bits per heavy atom. The smallest absolute Gasteiger partial charge is 0.241 e. The minimum Gasteiger partial charge on any atom is -0.386 e. The van der Waals surface area contributed by atoms with E-state index < -0.39 is 5.60 Å². The van der Waals surface area contributed by atoms with Gasteiger partial charge in [-0.3, -0.25) is 9.48 Å². The van der Waals surface area contributed by atoms with E-state index in [1.54, 1.807) is 23.1 Å². The molecule has 0 saturated carbocycles. The molecule has 1 saturated heterocycles. The first-order chi connectivity index (χ1) is 12.5. The van der Waals surface area contributed by atoms with Crippen LogP contribution in [-0.4, -0.2) is 70.1 Å². The fourth-order valence-corrected chi connectivity index (χ4v) is 3.07. The topological polar surface area (TPSA) is 99.4 Å². The van der Waals surface area contributed by atoms with E-state index in [0.717, 1.165) is 24.6 Å². The van der Waals surface area contributed by atoms with Gasteiger partial charge in [-0.2, -0.15) is 5.10 Å². The molecule has 1 aliphatic rings. The van der Waals surface area contributed by atoms with E-state index in [4.69, 9.17) is 0 Å². The molecular formula is C17H25N7O2. The van der Waals surface area contributed by atoms with Gasteiger partial charge in [-0.05, 0) is 18.9 Å². The SMILES string of the molecule is CN(C)c1cc(N2CCCC(O)(CNC(=O)Cn3cccn3)C2)ncn1. The highest BCUT2D eigenvalue weighted by Gasteiger charge is 2.34. The lowest BCUT2D eigenvalue weighted by molar-refractivity contribution is -0.123. The molecule has 2 N–H and O–H groups in total. The van der Waals surface area contributed by atoms with Crippen LogP contribution in [-0.2, 0) is 11.3 Å². The molecule has 26 heavy (non-hydrogen) atoms. The van der Waals surface area contributed by atoms with Gasteiger partial charge in [0.25, 0.3) is 0 Å². The van der Waals surface area contributed by atoms with Crippen molar-refractivity contribution >= 4 is 17.5 Å². The lowest BCUT2D eigenvalue weighted by Crippen LogP contribution is -2.54. The minimum absolute atomic E-state index is 0.144. The number of carbonyl (C=O) groups is 1. The van der Waals surface area contributed by atoms with Gasteiger partial charge < -0.3 is 20.2 Å². The first kappa shape index (κ1) is 18.1. The van der Waals surface area contributed by atoms with Gasteiger partial charge in [-0.25, -0.2) is 9.97 Å². The van der Waals surface area contributed by atoms with Gasteiger partial charge in [0.2, 0.25) is 5.91 Å². The van der Waals surface area contributed by atoms with Gasteiger partial charge in [0.15, 0.2) is 0 Å². The molecule has 1 fully saturated rings. The fraction of sp³-hybridized carbons (Fsp3) is 0.529. The summed E-state index contributed by atoms with van der Waals surface area (Å²) in [5.74, 6) is 1.43. The average Bonchev–Trinajstić information content (AvgIpc) is 3.13. The number of β-amino-alcohol motifs (C(OH)–C–C–N with tert-alkyl or cyclic N) is 1. The maximum absolute atomic E-state index is 12.0. The van der Waals surface area contributed by atoms with E-state index in [1.165, 1.54) is 6.33 Å². The summed E-state index contributed by atoms with van der Waals surface area (Å²) < 4.78 is 1.55. The summed E-state index contributed by atoms with van der Waals surface area (Å²) in [6, 6.07) is 3.67. The summed E-state index contributed by atoms with van der Waals surface area (Å²) >= 11 is 0. The summed E-state index contributed by atoms with van der Waals surface area (Å²) in [5, 5.41) is 17.7. The Morgan fingerprint density at radius 3 is 3.00 bits per heavy atom. The van der Waals surface area contributed by atoms with Crippen LogP contribution in [0.2, 0.25) is 0 Å². The number of anilines is 2. The van der Waals surface area contributed by atoms with Crippen LogP contribution in [0, 0.1) is 0 Å². The molecule has 0 bridgehead atoms. The third-order valence-corrected chi connectivity index (χ3v) is 4.46. The fourth-order valence-electron chi connectivity index (χ4n) is 3.07. The standard InChI is InChI=1S/C17H25N7O2/c1-22(2)14-9-15(20-13-19-14)23-7-3-5-17(26,12-23)11-18-16(25)10-24-8-4-6-21-24/h4,6,8-9,13,26H,3,5,7,10-12H2,1-2H3,(H,18,25). The van der Waals surface area contributed by atoms with Crippen molar-refractivity contribution in [3.8, 4) is 0 Å². The molecule has 140 valence electrons. The van der Waals surface area contributed by atoms with E-state index >= 15 is 0 Å². The van der Waals surface area contributed by atoms with Crippen molar-refractivity contribution in [1.29, 1.82) is 0 Å². The number of amides is 1. The lowest BCUT2D eigenvalue weighted by atomic mass is 9.92. The van der Waals surface area contributed by atoms with Crippen molar-refractivity contribution in [3.63, 3.8) is 0 Å². The van der Waals surface area contributed by atoms with Gasteiger partial charge in [-0.1, -0.05) is 0 Å². The second-order valence-electron chi connectivity index (χ2n) is 6.86. The number of aliphatic hydroxyl groups is 1. The molecule has 3 rings (SSSR count). The predicted molar refractivity (Wildman–Crippen MR) is 98.0 cm³/mol. The van der Waals surface area contributed by atoms with E-state index in [0.29, 0.717) is 13.0 Å². The first-order valence-electron chi connectivity index (χ1n) is 8.66. The van der Waals surface area contributed by atoms with Crippen LogP contribution in [0.5, 0.6) is 0 Å². The Hall–Kier alpha value is -2.68. The van der Waals surface area contributed by atoms with E-state index in [2.05, 4.69) is 20.4 Å². The van der Waals surface area contributed by atoms with Gasteiger partial charge in [0.05, 0.1) is 5.60 Å². The highest BCUT2D eigenvalue weighted by Crippen LogP contribution is 2.25. The van der Waals surface area contributed by atoms with Crippen molar-refractivity contribution in [2.75, 3.05) is 43.5 Å². The van der Waals surface area contributed by atoms with Crippen LogP contribution in [0.15, 0.2) is 30.9 Å². The second kappa shape index (κ2) is 7.69. The summed E-state index contributed by atoms with van der Waals surface area (Å²) in [4.78, 5) is 24.6. The predicted octanol–water partition coefficient (Wildman–Crippen LogP) is -0.113. The van der Waals surface area contributed by atoms with E-state index in [9.17, 15) is 9.90 Å². The van der Waals surface area contributed by atoms with Crippen molar-refractivity contribution < 1.29 is 9.90 Å². The molecule has 1 unspecified atom stereocenters. The number of hydrogen-bond acceptors (Lipinski definition) is 7. The molecule has 1 amide bonds. The quantitative estimate of drug-likeness (QED) is 0.742. The molecule has 3 heterocycles. The second-order valence-corrected chi connectivity index (χ2v) is 6.86. The van der Waals surface area contributed by atoms with Gasteiger partial charge in [0, 0.05) is 52.2 Å². The van der Waals surface area contributed by atoms with Crippen LogP contribution in [0.4, 0.5) is 11.6 Å². The molecular weight excluding hydrogens is 334 g/mol. The number of piperidine rings is 1. The number of rotatable bonds is 6. The molecule has 0 radical (unpaired) electrons. The van der Waals surface area contributed by atoms with E-state index in [1.807, 2.05) is 30.0 Å². The Morgan fingerprint density at radius 1 is 1.42 bits per heavy atom. The minimum atomic E-state index is -0.985. The lowest BCUT2D eigenvalue weighted by Gasteiger charge is -2.40. The highest BCUT2D eigenvalue weighted by molar-refractivity contribution is 5.75. The summed E-state index contributed by atoms with van der Waals surface area (Å²) in [6.07, 6.45) is 6.35. The Kier molecular flexibility index (Phi) is 5.36. The monoisotopic (exact) mass is 359 g/mol. The number of hydrogen-bond donors (Lipinski definition) is 2. The Labute approximate surface area is 152 Å². The molecule has 1 atom stereocenters. The van der Waals surface area contributed by atoms with Crippen molar-refractivity contribution in [2.45, 2.75) is 25.0 Å². The zero-order valence-electron chi connectivity index (χ0n) is 15.2. The van der Waals surface area contributed by atoms with Gasteiger partial charge >= 0.3 is 0 Å². The van der Waals surface area contributed by atoms with Crippen LogP contribution < -0.4 is 15.1 Å². The maximum Gasteiger partial charge on any atom is 0.241 e. The summed E-state index contributed by atoms with van der Waals surface area (Å²) in [7, 11) is 3.85. The molecule has 0 spiro atoms. The molecule has 0 aliphatic carbocycles. The Balaban J connectivity index is 1.59. The zero-order chi connectivity index (χ0) is 18.6. The maximum atomic E-state index is 12.0. The summed E-state index contributed by atoms with van der Waals surface area (Å²) in [5.41, 5.74) is -0.985. The molecule has 2 aromatic rings. The van der Waals surface area contributed by atoms with Crippen LogP contribution in [0.25, 0.3) is 0 Å². The van der Waals surface area contributed by atoms with Crippen LogP contribution in [0.1, 0.15) is 12.8 Å². The number of nitrogens with one attached hydrogen (secondary N) is 1. The van der Waals surface area contributed by atoms with Crippen molar-refractivity contribution in [2.24, 2.45) is 0 Å². The molecule has 0 aromatic carbocycles. The summed E-state index contributed by atoms with van der Waals surface area (Å²) in [6.45, 7) is 1.58. The number of aromatic nitrogens is 4. The largest absolute Gasteiger partial charge is 0.386 e. The van der Waals surface area contributed by atoms with Gasteiger partial charge in [0.1, 0.15) is 24.5 Å². The normalized spacial score (nSPS) is 20.0. The van der Waals surface area contributed by atoms with Crippen LogP contribution >= 0.6 is 0 Å². The Bertz CT molecular complexity index is 734.